The molecule has 8 heteroatoms. The van der Waals surface area contributed by atoms with Gasteiger partial charge in [-0.25, -0.2) is 0 Å². The van der Waals surface area contributed by atoms with Crippen LogP contribution in [0.4, 0.5) is 0 Å². The van der Waals surface area contributed by atoms with Gasteiger partial charge in [0.05, 0.1) is 16.6 Å². The van der Waals surface area contributed by atoms with Crippen molar-refractivity contribution in [2.45, 2.75) is 68.0 Å². The Morgan fingerprint density at radius 1 is 1.38 bits per heavy atom. The fraction of sp³-hybridized carbons (Fsp3) is 0.762. The van der Waals surface area contributed by atoms with Gasteiger partial charge in [0.1, 0.15) is 6.04 Å². The Labute approximate surface area is 176 Å². The quantitative estimate of drug-likeness (QED) is 0.432. The molecule has 2 amide bonds. The molecular weight excluding hydrogens is 392 g/mol. The Kier molecular flexibility index (Phi) is 6.07. The van der Waals surface area contributed by atoms with Crippen molar-refractivity contribution in [1.29, 1.82) is 0 Å². The number of fused-ring (bicyclic) bond motifs is 1. The van der Waals surface area contributed by atoms with E-state index >= 15 is 0 Å². The molecule has 0 aliphatic carbocycles. The topological polar surface area (TPSA) is 98.2 Å². The van der Waals surface area contributed by atoms with E-state index in [0.29, 0.717) is 38.8 Å². The van der Waals surface area contributed by atoms with Crippen LogP contribution in [-0.2, 0) is 14.4 Å². The van der Waals surface area contributed by atoms with Gasteiger partial charge < -0.3 is 20.0 Å². The van der Waals surface area contributed by atoms with Gasteiger partial charge in [-0.3, -0.25) is 14.4 Å². The Morgan fingerprint density at radius 3 is 2.62 bits per heavy atom. The Bertz CT molecular complexity index is 713. The molecule has 29 heavy (non-hydrogen) atoms. The van der Waals surface area contributed by atoms with E-state index in [0.717, 1.165) is 0 Å². The lowest BCUT2D eigenvalue weighted by molar-refractivity contribution is -0.150. The van der Waals surface area contributed by atoms with Crippen LogP contribution < -0.4 is 0 Å². The van der Waals surface area contributed by atoms with Gasteiger partial charge in [0.2, 0.25) is 11.8 Å². The summed E-state index contributed by atoms with van der Waals surface area (Å²) >= 11 is 1.55. The van der Waals surface area contributed by atoms with E-state index in [-0.39, 0.29) is 24.5 Å². The zero-order valence-corrected chi connectivity index (χ0v) is 18.3. The Morgan fingerprint density at radius 2 is 2.07 bits per heavy atom. The summed E-state index contributed by atoms with van der Waals surface area (Å²) in [6.45, 7) is 10.3. The number of likely N-dealkylation sites (tertiary alicyclic amines) is 1. The van der Waals surface area contributed by atoms with Gasteiger partial charge in [0.15, 0.2) is 0 Å². The zero-order valence-electron chi connectivity index (χ0n) is 17.5. The molecule has 3 rings (SSSR count). The number of amides is 2. The zero-order chi connectivity index (χ0) is 21.6. The van der Waals surface area contributed by atoms with E-state index in [1.54, 1.807) is 27.6 Å². The highest BCUT2D eigenvalue weighted by atomic mass is 32.2. The molecule has 3 aliphatic heterocycles. The molecular formula is C21H32N2O5S. The maximum absolute atomic E-state index is 13.7. The van der Waals surface area contributed by atoms with Gasteiger partial charge in [-0.2, -0.15) is 0 Å². The van der Waals surface area contributed by atoms with E-state index in [4.69, 9.17) is 5.11 Å². The number of carboxylic acid groups (broad SMARTS) is 1. The number of hydrogen-bond acceptors (Lipinski definition) is 5. The molecule has 2 N–H and O–H groups in total. The number of aliphatic hydroxyl groups is 1. The highest BCUT2D eigenvalue weighted by molar-refractivity contribution is 8.02. The first-order chi connectivity index (χ1) is 13.6. The molecule has 3 saturated heterocycles. The minimum Gasteiger partial charge on any atom is -0.481 e. The van der Waals surface area contributed by atoms with Crippen molar-refractivity contribution in [1.82, 2.24) is 9.80 Å². The first-order valence-electron chi connectivity index (χ1n) is 10.4. The van der Waals surface area contributed by atoms with Crippen LogP contribution in [0.5, 0.6) is 0 Å². The number of hydrogen-bond donors (Lipinski definition) is 2. The molecule has 3 heterocycles. The molecule has 2 unspecified atom stereocenters. The maximum Gasteiger partial charge on any atom is 0.308 e. The first-order valence-corrected chi connectivity index (χ1v) is 11.2. The van der Waals surface area contributed by atoms with Crippen molar-refractivity contribution in [3.05, 3.63) is 12.7 Å². The van der Waals surface area contributed by atoms with E-state index in [1.165, 1.54) is 0 Å². The van der Waals surface area contributed by atoms with Crippen LogP contribution in [0.1, 0.15) is 46.5 Å². The lowest BCUT2D eigenvalue weighted by atomic mass is 9.66. The second kappa shape index (κ2) is 7.95. The molecule has 162 valence electrons. The number of carboxylic acids is 1. The van der Waals surface area contributed by atoms with Crippen molar-refractivity contribution in [2.24, 2.45) is 11.8 Å². The number of aliphatic hydroxyl groups excluding tert-OH is 1. The SMILES string of the molecule is C=CCN(C(=O)C1N(CCCCO)C(=O)[C@@H]2[C@@H](C(=O)O)[C@@]3(C)CCC12S3)C(C)C. The van der Waals surface area contributed by atoms with Crippen LogP contribution in [0.15, 0.2) is 12.7 Å². The smallest absolute Gasteiger partial charge is 0.308 e. The van der Waals surface area contributed by atoms with Gasteiger partial charge in [0, 0.05) is 30.5 Å². The molecule has 7 nitrogen and oxygen atoms in total. The molecule has 0 aromatic rings. The van der Waals surface area contributed by atoms with Gasteiger partial charge in [-0.05, 0) is 46.5 Å². The summed E-state index contributed by atoms with van der Waals surface area (Å²) in [5.74, 6) is -2.74. The Hall–Kier alpha value is -1.54. The summed E-state index contributed by atoms with van der Waals surface area (Å²) < 4.78 is -1.22. The van der Waals surface area contributed by atoms with E-state index < -0.39 is 33.3 Å². The van der Waals surface area contributed by atoms with Gasteiger partial charge in [-0.15, -0.1) is 18.3 Å². The fourth-order valence-corrected chi connectivity index (χ4v) is 7.91. The average molecular weight is 425 g/mol. The minimum atomic E-state index is -0.949. The second-order valence-corrected chi connectivity index (χ2v) is 10.8. The number of rotatable bonds is 9. The van der Waals surface area contributed by atoms with Gasteiger partial charge in [0.25, 0.3) is 0 Å². The lowest BCUT2D eigenvalue weighted by Gasteiger charge is -2.38. The number of carbonyl (C=O) groups is 3. The molecule has 1 spiro atoms. The molecule has 0 radical (unpaired) electrons. The largest absolute Gasteiger partial charge is 0.481 e. The van der Waals surface area contributed by atoms with Crippen molar-refractivity contribution >= 4 is 29.5 Å². The molecule has 3 aliphatic rings. The van der Waals surface area contributed by atoms with Crippen LogP contribution in [0.3, 0.4) is 0 Å². The fourth-order valence-electron chi connectivity index (χ4n) is 5.57. The Balaban J connectivity index is 2.04. The number of unbranched alkanes of at least 4 members (excludes halogenated alkanes) is 1. The lowest BCUT2D eigenvalue weighted by Crippen LogP contribution is -2.56. The normalized spacial score (nSPS) is 35.3. The van der Waals surface area contributed by atoms with Gasteiger partial charge in [-0.1, -0.05) is 6.08 Å². The molecule has 3 fully saturated rings. The van der Waals surface area contributed by atoms with Crippen LogP contribution in [0, 0.1) is 11.8 Å². The number of carbonyl (C=O) groups excluding carboxylic acids is 2. The highest BCUT2D eigenvalue weighted by Gasteiger charge is 2.77. The standard InChI is InChI=1S/C21H32N2O5S/c1-5-10-22(13(2)3)18(26)16-21-9-8-20(4,29-21)15(19(27)28)14(21)17(25)23(16)11-6-7-12-24/h5,13-16,24H,1,6-12H2,2-4H3,(H,27,28)/t14-,15-,16?,20+,21?/m0/s1. The third-order valence-corrected chi connectivity index (χ3v) is 8.80. The van der Waals surface area contributed by atoms with Crippen molar-refractivity contribution < 1.29 is 24.6 Å². The highest BCUT2D eigenvalue weighted by Crippen LogP contribution is 2.71. The molecule has 0 aromatic carbocycles. The minimum absolute atomic E-state index is 0.0222. The summed E-state index contributed by atoms with van der Waals surface area (Å²) in [4.78, 5) is 42.7. The number of aliphatic carboxylic acids is 1. The van der Waals surface area contributed by atoms with E-state index in [2.05, 4.69) is 6.58 Å². The van der Waals surface area contributed by atoms with Crippen molar-refractivity contribution in [3.8, 4) is 0 Å². The maximum atomic E-state index is 13.7. The second-order valence-electron chi connectivity index (χ2n) is 8.90. The van der Waals surface area contributed by atoms with E-state index in [1.807, 2.05) is 20.8 Å². The van der Waals surface area contributed by atoms with E-state index in [9.17, 15) is 19.5 Å². The number of thioether (sulfide) groups is 1. The van der Waals surface area contributed by atoms with Crippen LogP contribution in [-0.4, -0.2) is 79.1 Å². The van der Waals surface area contributed by atoms with Crippen molar-refractivity contribution in [3.63, 3.8) is 0 Å². The summed E-state index contributed by atoms with van der Waals surface area (Å²) in [7, 11) is 0. The number of nitrogens with zero attached hydrogens (tertiary/aromatic N) is 2. The summed E-state index contributed by atoms with van der Waals surface area (Å²) in [6, 6.07) is -0.725. The predicted molar refractivity (Wildman–Crippen MR) is 111 cm³/mol. The molecule has 2 bridgehead atoms. The third-order valence-electron chi connectivity index (χ3n) is 6.82. The van der Waals surface area contributed by atoms with Crippen molar-refractivity contribution in [2.75, 3.05) is 19.7 Å². The molecule has 0 saturated carbocycles. The van der Waals surface area contributed by atoms with Crippen LogP contribution in [0.2, 0.25) is 0 Å². The predicted octanol–water partition coefficient (Wildman–Crippen LogP) is 1.75. The van der Waals surface area contributed by atoms with Crippen LogP contribution >= 0.6 is 11.8 Å². The summed E-state index contributed by atoms with van der Waals surface area (Å²) in [5, 5.41) is 19.1. The molecule has 0 aromatic heterocycles. The van der Waals surface area contributed by atoms with Crippen LogP contribution in [0.25, 0.3) is 0 Å². The third kappa shape index (κ3) is 3.28. The van der Waals surface area contributed by atoms with Gasteiger partial charge >= 0.3 is 5.97 Å². The average Bonchev–Trinajstić information content (AvgIpc) is 3.20. The molecule has 5 atom stereocenters. The summed E-state index contributed by atoms with van der Waals surface area (Å²) in [6.07, 6.45) is 4.16. The monoisotopic (exact) mass is 424 g/mol. The summed E-state index contributed by atoms with van der Waals surface area (Å²) in [5.41, 5.74) is 0. The first kappa shape index (κ1) is 22.2.